The van der Waals surface area contributed by atoms with Gasteiger partial charge in [0.15, 0.2) is 0 Å². The third-order valence-corrected chi connectivity index (χ3v) is 2.94. The van der Waals surface area contributed by atoms with Crippen LogP contribution in [-0.2, 0) is 10.7 Å². The molecule has 0 aliphatic rings. The molecule has 0 unspecified atom stereocenters. The van der Waals surface area contributed by atoms with E-state index in [-0.39, 0.29) is 6.16 Å². The molecule has 0 radical (unpaired) electrons. The first kappa shape index (κ1) is 10.1. The third-order valence-electron chi connectivity index (χ3n) is 1.49. The summed E-state index contributed by atoms with van der Waals surface area (Å²) in [4.78, 5) is 0. The normalized spacial score (nSPS) is 11.6. The maximum Gasteiger partial charge on any atom is 0.257 e. The topological polar surface area (TPSA) is 17.1 Å². The summed E-state index contributed by atoms with van der Waals surface area (Å²) in [7, 11) is 0. The molecule has 0 N–H and O–H groups in total. The van der Waals surface area contributed by atoms with Crippen molar-refractivity contribution in [3.63, 3.8) is 0 Å². The predicted molar refractivity (Wildman–Crippen MR) is 54.2 cm³/mol. The molecule has 0 spiro atoms. The maximum atomic E-state index is 11.0. The lowest BCUT2D eigenvalue weighted by Gasteiger charge is -2.01. The Bertz CT molecular complexity index is 301. The molecule has 12 heavy (non-hydrogen) atoms. The fraction of sp³-hybridized carbons (Fsp3) is 0.250. The fourth-order valence-corrected chi connectivity index (χ4v) is 2.37. The largest absolute Gasteiger partial charge is 0.289 e. The van der Waals surface area contributed by atoms with Crippen molar-refractivity contribution < 1.29 is 4.57 Å². The van der Waals surface area contributed by atoms with Gasteiger partial charge in [0.1, 0.15) is 0 Å². The Balaban J connectivity index is 2.78. The van der Waals surface area contributed by atoms with Gasteiger partial charge in [0.05, 0.1) is 6.16 Å². The highest BCUT2D eigenvalue weighted by Gasteiger charge is 2.13. The van der Waals surface area contributed by atoms with Crippen LogP contribution in [0.3, 0.4) is 0 Å². The van der Waals surface area contributed by atoms with Crippen molar-refractivity contribution in [2.24, 2.45) is 0 Å². The predicted octanol–water partition coefficient (Wildman–Crippen LogP) is 4.17. The highest BCUT2D eigenvalue weighted by molar-refractivity contribution is 8.08. The Morgan fingerprint density at radius 2 is 1.75 bits per heavy atom. The quantitative estimate of drug-likeness (QED) is 0.687. The molecule has 0 aromatic heterocycles. The molecule has 0 fully saturated rings. The van der Waals surface area contributed by atoms with Crippen molar-refractivity contribution in [3.8, 4) is 0 Å². The molecule has 4 heteroatoms. The molecule has 0 atom stereocenters. The van der Waals surface area contributed by atoms with Gasteiger partial charge in [-0.2, -0.15) is 0 Å². The fourth-order valence-electron chi connectivity index (χ4n) is 0.906. The second-order valence-corrected chi connectivity index (χ2v) is 7.97. The smallest absolute Gasteiger partial charge is 0.257 e. The van der Waals surface area contributed by atoms with Crippen molar-refractivity contribution in [3.05, 3.63) is 35.4 Å². The molecule has 0 saturated carbocycles. The highest BCUT2D eigenvalue weighted by Crippen LogP contribution is 2.59. The summed E-state index contributed by atoms with van der Waals surface area (Å²) in [6.07, 6.45) is 0.246. The van der Waals surface area contributed by atoms with Crippen molar-refractivity contribution in [2.45, 2.75) is 13.1 Å². The van der Waals surface area contributed by atoms with Crippen LogP contribution in [0.1, 0.15) is 11.1 Å². The van der Waals surface area contributed by atoms with Crippen LogP contribution in [0.15, 0.2) is 24.3 Å². The summed E-state index contributed by atoms with van der Waals surface area (Å²) in [5.74, 6) is -2.96. The minimum absolute atomic E-state index is 0.246. The summed E-state index contributed by atoms with van der Waals surface area (Å²) in [6.45, 7) is 1.99. The van der Waals surface area contributed by atoms with E-state index < -0.39 is 5.85 Å². The summed E-state index contributed by atoms with van der Waals surface area (Å²) >= 11 is 10.9. The second kappa shape index (κ2) is 3.83. The maximum absolute atomic E-state index is 11.0. The SMILES string of the molecule is Cc1ccc(CP(=O)(Cl)Cl)cc1. The monoisotopic (exact) mass is 222 g/mol. The van der Waals surface area contributed by atoms with Gasteiger partial charge in [-0.15, -0.1) is 0 Å². The van der Waals surface area contributed by atoms with Gasteiger partial charge in [-0.25, -0.2) is 0 Å². The first-order valence-electron chi connectivity index (χ1n) is 3.51. The van der Waals surface area contributed by atoms with Crippen molar-refractivity contribution in [1.82, 2.24) is 0 Å². The van der Waals surface area contributed by atoms with Gasteiger partial charge in [-0.3, -0.25) is 4.57 Å². The summed E-state index contributed by atoms with van der Waals surface area (Å²) in [6, 6.07) is 7.65. The second-order valence-electron chi connectivity index (χ2n) is 2.71. The van der Waals surface area contributed by atoms with Gasteiger partial charge in [-0.1, -0.05) is 29.8 Å². The van der Waals surface area contributed by atoms with Crippen LogP contribution in [0.4, 0.5) is 0 Å². The molecule has 0 aliphatic heterocycles. The number of rotatable bonds is 2. The minimum Gasteiger partial charge on any atom is -0.289 e. The minimum atomic E-state index is -2.96. The van der Waals surface area contributed by atoms with E-state index in [1.54, 1.807) is 0 Å². The van der Waals surface area contributed by atoms with Gasteiger partial charge < -0.3 is 0 Å². The number of hydrogen-bond donors (Lipinski definition) is 0. The molecule has 0 aliphatic carbocycles. The van der Waals surface area contributed by atoms with E-state index >= 15 is 0 Å². The lowest BCUT2D eigenvalue weighted by atomic mass is 10.2. The van der Waals surface area contributed by atoms with Gasteiger partial charge in [0, 0.05) is 0 Å². The average molecular weight is 223 g/mol. The number of aryl methyl sites for hydroxylation is 1. The van der Waals surface area contributed by atoms with E-state index in [0.29, 0.717) is 0 Å². The molecule has 66 valence electrons. The Morgan fingerprint density at radius 1 is 1.25 bits per heavy atom. The summed E-state index contributed by atoms with van der Waals surface area (Å²) < 4.78 is 11.0. The molecule has 1 rings (SSSR count). The third kappa shape index (κ3) is 3.62. The molecule has 1 aromatic carbocycles. The molecule has 1 aromatic rings. The van der Waals surface area contributed by atoms with E-state index in [2.05, 4.69) is 0 Å². The first-order chi connectivity index (χ1) is 5.47. The van der Waals surface area contributed by atoms with Crippen LogP contribution in [0.25, 0.3) is 0 Å². The van der Waals surface area contributed by atoms with Crippen molar-refractivity contribution in [1.29, 1.82) is 0 Å². The van der Waals surface area contributed by atoms with E-state index in [1.165, 1.54) is 0 Å². The number of halogens is 2. The lowest BCUT2D eigenvalue weighted by molar-refractivity contribution is 0.592. The van der Waals surface area contributed by atoms with E-state index in [1.807, 2.05) is 31.2 Å². The Kier molecular flexibility index (Phi) is 3.22. The molecule has 0 bridgehead atoms. The van der Waals surface area contributed by atoms with Gasteiger partial charge in [0.2, 0.25) is 0 Å². The molecular formula is C8H9Cl2OP. The highest BCUT2D eigenvalue weighted by atomic mass is 35.9. The molecule has 0 amide bonds. The standard InChI is InChI=1S/C8H9Cl2OP/c1-7-2-4-8(5-3-7)6-12(9,10)11/h2-5H,6H2,1H3. The average Bonchev–Trinajstić information content (AvgIpc) is 1.91. The zero-order valence-electron chi connectivity index (χ0n) is 6.63. The van der Waals surface area contributed by atoms with Crippen LogP contribution >= 0.6 is 28.3 Å². The van der Waals surface area contributed by atoms with Gasteiger partial charge in [-0.05, 0) is 35.0 Å². The Hall–Kier alpha value is 0.0300. The molecule has 0 saturated heterocycles. The molecule has 1 nitrogen and oxygen atoms in total. The van der Waals surface area contributed by atoms with E-state index in [0.717, 1.165) is 11.1 Å². The zero-order valence-corrected chi connectivity index (χ0v) is 9.03. The van der Waals surface area contributed by atoms with Crippen LogP contribution < -0.4 is 0 Å². The zero-order chi connectivity index (χ0) is 9.19. The van der Waals surface area contributed by atoms with E-state index in [9.17, 15) is 4.57 Å². The number of benzene rings is 1. The van der Waals surface area contributed by atoms with E-state index in [4.69, 9.17) is 22.5 Å². The Morgan fingerprint density at radius 3 is 2.17 bits per heavy atom. The Labute approximate surface area is 81.6 Å². The van der Waals surface area contributed by atoms with Crippen molar-refractivity contribution >= 4 is 28.3 Å². The van der Waals surface area contributed by atoms with Gasteiger partial charge in [0.25, 0.3) is 5.85 Å². The van der Waals surface area contributed by atoms with Crippen LogP contribution in [0.5, 0.6) is 0 Å². The summed E-state index contributed by atoms with van der Waals surface area (Å²) in [5, 5.41) is 0. The van der Waals surface area contributed by atoms with Crippen molar-refractivity contribution in [2.75, 3.05) is 0 Å². The summed E-state index contributed by atoms with van der Waals surface area (Å²) in [5.41, 5.74) is 2.08. The lowest BCUT2D eigenvalue weighted by Crippen LogP contribution is -1.80. The van der Waals surface area contributed by atoms with Gasteiger partial charge >= 0.3 is 0 Å². The molecular weight excluding hydrogens is 214 g/mol. The number of hydrogen-bond acceptors (Lipinski definition) is 1. The first-order valence-corrected chi connectivity index (χ1v) is 7.21. The van der Waals surface area contributed by atoms with Crippen LogP contribution in [0.2, 0.25) is 0 Å². The molecule has 0 heterocycles. The van der Waals surface area contributed by atoms with Crippen LogP contribution in [-0.4, -0.2) is 0 Å². The van der Waals surface area contributed by atoms with Crippen LogP contribution in [0, 0.1) is 6.92 Å².